The van der Waals surface area contributed by atoms with E-state index in [0.717, 1.165) is 30.6 Å². The standard InChI is InChI=1S/C27H30FOS/c1-21(2)27(18-10-5-11-19-27)29-26-17-16-24(20-25(26)28)30(22-12-6-3-7-13-22)23-14-8-4-9-15-23/h3-4,6-9,12-17,20-21H,5,10-11,18-19H2,1-2H3/q+1. The van der Waals surface area contributed by atoms with Gasteiger partial charge in [-0.15, -0.1) is 0 Å². The molecule has 0 aliphatic heterocycles. The van der Waals surface area contributed by atoms with Crippen LogP contribution in [0, 0.1) is 11.7 Å². The number of benzene rings is 3. The van der Waals surface area contributed by atoms with Gasteiger partial charge in [-0.1, -0.05) is 56.7 Å². The zero-order valence-electron chi connectivity index (χ0n) is 17.8. The third kappa shape index (κ3) is 4.41. The van der Waals surface area contributed by atoms with Gasteiger partial charge >= 0.3 is 0 Å². The molecule has 0 aromatic heterocycles. The van der Waals surface area contributed by atoms with Gasteiger partial charge in [-0.25, -0.2) is 4.39 Å². The van der Waals surface area contributed by atoms with Gasteiger partial charge in [0.05, 0.1) is 10.9 Å². The van der Waals surface area contributed by atoms with Crippen molar-refractivity contribution in [1.82, 2.24) is 0 Å². The van der Waals surface area contributed by atoms with E-state index in [0.29, 0.717) is 11.7 Å². The van der Waals surface area contributed by atoms with E-state index in [9.17, 15) is 0 Å². The molecule has 0 atom stereocenters. The third-order valence-electron chi connectivity index (χ3n) is 6.16. The molecule has 1 fully saturated rings. The molecule has 0 radical (unpaired) electrons. The normalized spacial score (nSPS) is 16.0. The molecule has 30 heavy (non-hydrogen) atoms. The lowest BCUT2D eigenvalue weighted by atomic mass is 9.77. The summed E-state index contributed by atoms with van der Waals surface area (Å²) in [7, 11) is -0.355. The Labute approximate surface area is 182 Å². The Balaban J connectivity index is 1.68. The van der Waals surface area contributed by atoms with E-state index in [1.54, 1.807) is 6.07 Å². The molecular formula is C27H30FOS+. The monoisotopic (exact) mass is 421 g/mol. The van der Waals surface area contributed by atoms with Crippen LogP contribution < -0.4 is 4.74 Å². The molecule has 0 N–H and O–H groups in total. The fourth-order valence-corrected chi connectivity index (χ4v) is 6.48. The van der Waals surface area contributed by atoms with Crippen LogP contribution in [0.15, 0.2) is 93.5 Å². The van der Waals surface area contributed by atoms with Crippen molar-refractivity contribution in [2.75, 3.05) is 0 Å². The molecule has 0 amide bonds. The van der Waals surface area contributed by atoms with E-state index in [1.807, 2.05) is 48.5 Å². The Morgan fingerprint density at radius 1 is 0.767 bits per heavy atom. The molecule has 0 unspecified atom stereocenters. The molecule has 3 aromatic carbocycles. The smallest absolute Gasteiger partial charge is 0.170 e. The third-order valence-corrected chi connectivity index (χ3v) is 8.37. The van der Waals surface area contributed by atoms with E-state index in [1.165, 1.54) is 16.2 Å². The van der Waals surface area contributed by atoms with Gasteiger partial charge in [-0.2, -0.15) is 0 Å². The molecule has 1 nitrogen and oxygen atoms in total. The van der Waals surface area contributed by atoms with Crippen LogP contribution in [0.1, 0.15) is 46.0 Å². The van der Waals surface area contributed by atoms with Crippen molar-refractivity contribution in [2.45, 2.75) is 66.2 Å². The maximum Gasteiger partial charge on any atom is 0.170 e. The molecule has 1 aliphatic carbocycles. The predicted octanol–water partition coefficient (Wildman–Crippen LogP) is 7.66. The van der Waals surface area contributed by atoms with Crippen molar-refractivity contribution in [3.8, 4) is 5.75 Å². The largest absolute Gasteiger partial charge is 0.484 e. The summed E-state index contributed by atoms with van der Waals surface area (Å²) in [6, 6.07) is 26.2. The van der Waals surface area contributed by atoms with Crippen LogP contribution in [-0.2, 0) is 10.9 Å². The summed E-state index contributed by atoms with van der Waals surface area (Å²) in [6.07, 6.45) is 5.57. The summed E-state index contributed by atoms with van der Waals surface area (Å²) >= 11 is 0. The molecule has 0 spiro atoms. The fraction of sp³-hybridized carbons (Fsp3) is 0.333. The van der Waals surface area contributed by atoms with Crippen LogP contribution in [0.5, 0.6) is 5.75 Å². The van der Waals surface area contributed by atoms with Crippen molar-refractivity contribution in [1.29, 1.82) is 0 Å². The lowest BCUT2D eigenvalue weighted by Crippen LogP contribution is -2.43. The quantitative estimate of drug-likeness (QED) is 0.371. The molecule has 0 bridgehead atoms. The van der Waals surface area contributed by atoms with Crippen LogP contribution in [0.4, 0.5) is 4.39 Å². The summed E-state index contributed by atoms with van der Waals surface area (Å²) in [6.45, 7) is 4.39. The van der Waals surface area contributed by atoms with E-state index in [-0.39, 0.29) is 22.3 Å². The van der Waals surface area contributed by atoms with Gasteiger partial charge < -0.3 is 4.74 Å². The molecular weight excluding hydrogens is 391 g/mol. The first-order chi connectivity index (χ1) is 14.6. The zero-order chi connectivity index (χ0) is 21.0. The number of rotatable bonds is 6. The topological polar surface area (TPSA) is 9.23 Å². The van der Waals surface area contributed by atoms with Gasteiger partial charge in [0, 0.05) is 6.07 Å². The van der Waals surface area contributed by atoms with Crippen LogP contribution in [0.25, 0.3) is 0 Å². The number of hydrogen-bond donors (Lipinski definition) is 0. The maximum atomic E-state index is 15.3. The lowest BCUT2D eigenvalue weighted by Gasteiger charge is -2.41. The van der Waals surface area contributed by atoms with Crippen molar-refractivity contribution >= 4 is 10.9 Å². The van der Waals surface area contributed by atoms with E-state index >= 15 is 4.39 Å². The summed E-state index contributed by atoms with van der Waals surface area (Å²) in [5.41, 5.74) is -0.249. The summed E-state index contributed by atoms with van der Waals surface area (Å²) in [4.78, 5) is 3.34. The number of halogens is 1. The zero-order valence-corrected chi connectivity index (χ0v) is 18.6. The summed E-state index contributed by atoms with van der Waals surface area (Å²) in [5.74, 6) is 0.488. The van der Waals surface area contributed by atoms with E-state index in [2.05, 4.69) is 38.1 Å². The van der Waals surface area contributed by atoms with Crippen molar-refractivity contribution < 1.29 is 9.13 Å². The van der Waals surface area contributed by atoms with Crippen LogP contribution in [-0.4, -0.2) is 5.60 Å². The van der Waals surface area contributed by atoms with Crippen molar-refractivity contribution in [3.05, 3.63) is 84.7 Å². The van der Waals surface area contributed by atoms with Gasteiger partial charge in [-0.05, 0) is 68.0 Å². The Morgan fingerprint density at radius 2 is 1.33 bits per heavy atom. The first-order valence-electron chi connectivity index (χ1n) is 10.9. The lowest BCUT2D eigenvalue weighted by molar-refractivity contribution is -0.0149. The minimum absolute atomic E-state index is 0.249. The average Bonchev–Trinajstić information content (AvgIpc) is 2.78. The Bertz CT molecular complexity index is 910. The van der Waals surface area contributed by atoms with Gasteiger partial charge in [0.2, 0.25) is 0 Å². The molecule has 0 saturated heterocycles. The first kappa shape index (κ1) is 21.0. The number of ether oxygens (including phenoxy) is 1. The highest BCUT2D eigenvalue weighted by atomic mass is 32.2. The predicted molar refractivity (Wildman–Crippen MR) is 123 cm³/mol. The highest BCUT2D eigenvalue weighted by Crippen LogP contribution is 2.40. The Morgan fingerprint density at radius 3 is 1.83 bits per heavy atom. The molecule has 3 aromatic rings. The van der Waals surface area contributed by atoms with Gasteiger partial charge in [0.25, 0.3) is 0 Å². The Kier molecular flexibility index (Phi) is 6.48. The maximum absolute atomic E-state index is 15.3. The van der Waals surface area contributed by atoms with Crippen LogP contribution in [0.2, 0.25) is 0 Å². The van der Waals surface area contributed by atoms with E-state index < -0.39 is 0 Å². The molecule has 0 heterocycles. The SMILES string of the molecule is CC(C)C1(Oc2ccc([S+](c3ccccc3)c3ccccc3)cc2F)CCCCC1. The average molecular weight is 422 g/mol. The minimum atomic E-state index is -0.355. The van der Waals surface area contributed by atoms with Crippen molar-refractivity contribution in [3.63, 3.8) is 0 Å². The molecule has 3 heteroatoms. The van der Waals surface area contributed by atoms with Crippen molar-refractivity contribution in [2.24, 2.45) is 5.92 Å². The highest BCUT2D eigenvalue weighted by molar-refractivity contribution is 7.97. The molecule has 156 valence electrons. The minimum Gasteiger partial charge on any atom is -0.484 e. The fourth-order valence-electron chi connectivity index (χ4n) is 4.38. The van der Waals surface area contributed by atoms with Gasteiger partial charge in [-0.3, -0.25) is 0 Å². The number of hydrogen-bond acceptors (Lipinski definition) is 1. The molecule has 1 saturated carbocycles. The van der Waals surface area contributed by atoms with Gasteiger partial charge in [0.1, 0.15) is 5.60 Å². The second-order valence-corrected chi connectivity index (χ2v) is 10.4. The van der Waals surface area contributed by atoms with Crippen LogP contribution >= 0.6 is 0 Å². The Hall–Kier alpha value is -2.26. The van der Waals surface area contributed by atoms with Crippen LogP contribution in [0.3, 0.4) is 0 Å². The molecule has 1 aliphatic rings. The first-order valence-corrected chi connectivity index (χ1v) is 12.1. The van der Waals surface area contributed by atoms with E-state index in [4.69, 9.17) is 4.74 Å². The van der Waals surface area contributed by atoms with Gasteiger partial charge in [0.15, 0.2) is 26.3 Å². The highest BCUT2D eigenvalue weighted by Gasteiger charge is 2.38. The second kappa shape index (κ2) is 9.26. The summed E-state index contributed by atoms with van der Waals surface area (Å²) in [5, 5.41) is 0. The molecule has 4 rings (SSSR count). The summed E-state index contributed by atoms with van der Waals surface area (Å²) < 4.78 is 21.7. The second-order valence-electron chi connectivity index (χ2n) is 8.41.